The molecule has 2 heterocycles. The molecule has 1 fully saturated rings. The number of rotatable bonds is 4. The van der Waals surface area contributed by atoms with E-state index in [0.717, 1.165) is 63.4 Å². The number of fused-ring (bicyclic) bond motifs is 1. The minimum Gasteiger partial charge on any atom is -0.379 e. The van der Waals surface area contributed by atoms with E-state index in [0.29, 0.717) is 12.2 Å². The highest BCUT2D eigenvalue weighted by atomic mass is 16.5. The summed E-state index contributed by atoms with van der Waals surface area (Å²) in [6.45, 7) is 5.03. The molecular formula is C13H20N4O2. The quantitative estimate of drug-likeness (QED) is 0.800. The van der Waals surface area contributed by atoms with E-state index < -0.39 is 0 Å². The summed E-state index contributed by atoms with van der Waals surface area (Å²) >= 11 is 0. The fourth-order valence-electron chi connectivity index (χ4n) is 2.74. The summed E-state index contributed by atoms with van der Waals surface area (Å²) in [5, 5.41) is 10.1. The average molecular weight is 264 g/mol. The molecule has 1 aromatic rings. The molecule has 1 aliphatic heterocycles. The molecule has 0 atom stereocenters. The molecule has 0 radical (unpaired) electrons. The van der Waals surface area contributed by atoms with Crippen molar-refractivity contribution in [1.29, 1.82) is 0 Å². The van der Waals surface area contributed by atoms with E-state index in [9.17, 15) is 4.79 Å². The molecule has 104 valence electrons. The van der Waals surface area contributed by atoms with Crippen molar-refractivity contribution in [3.63, 3.8) is 0 Å². The number of nitrogens with one attached hydrogen (secondary N) is 2. The Balaban J connectivity index is 1.48. The van der Waals surface area contributed by atoms with Crippen LogP contribution in [-0.4, -0.2) is 60.4 Å². The molecule has 0 saturated carbocycles. The number of ether oxygens (including phenoxy) is 1. The number of nitrogens with zero attached hydrogens (tertiary/aromatic N) is 2. The van der Waals surface area contributed by atoms with Gasteiger partial charge in [0.05, 0.1) is 13.2 Å². The number of aromatic amines is 1. The maximum Gasteiger partial charge on any atom is 0.272 e. The number of amides is 1. The van der Waals surface area contributed by atoms with Crippen LogP contribution in [0.1, 0.15) is 28.2 Å². The molecule has 0 unspecified atom stereocenters. The highest BCUT2D eigenvalue weighted by Crippen LogP contribution is 2.22. The first-order valence-corrected chi connectivity index (χ1v) is 6.99. The van der Waals surface area contributed by atoms with Gasteiger partial charge in [0, 0.05) is 37.4 Å². The minimum atomic E-state index is -0.0485. The lowest BCUT2D eigenvalue weighted by Gasteiger charge is -2.26. The number of H-pyrrole nitrogens is 1. The number of carbonyl (C=O) groups is 1. The average Bonchev–Trinajstić information content (AvgIpc) is 3.02. The minimum absolute atomic E-state index is 0.0485. The fourth-order valence-corrected chi connectivity index (χ4v) is 2.74. The zero-order chi connectivity index (χ0) is 13.1. The normalized spacial score (nSPS) is 19.4. The molecule has 6 nitrogen and oxygen atoms in total. The second-order valence-corrected chi connectivity index (χ2v) is 5.09. The third-order valence-electron chi connectivity index (χ3n) is 3.84. The van der Waals surface area contributed by atoms with Gasteiger partial charge in [0.25, 0.3) is 5.91 Å². The van der Waals surface area contributed by atoms with Gasteiger partial charge in [-0.05, 0) is 19.3 Å². The molecule has 6 heteroatoms. The zero-order valence-electron chi connectivity index (χ0n) is 11.1. The van der Waals surface area contributed by atoms with Gasteiger partial charge in [-0.15, -0.1) is 0 Å². The van der Waals surface area contributed by atoms with Crippen LogP contribution in [-0.2, 0) is 17.6 Å². The molecule has 2 N–H and O–H groups in total. The Morgan fingerprint density at radius 2 is 2.21 bits per heavy atom. The van der Waals surface area contributed by atoms with Gasteiger partial charge >= 0.3 is 0 Å². The molecule has 1 aromatic heterocycles. The first-order chi connectivity index (χ1) is 9.34. The zero-order valence-corrected chi connectivity index (χ0v) is 11.1. The van der Waals surface area contributed by atoms with Crippen molar-refractivity contribution in [2.45, 2.75) is 19.3 Å². The summed E-state index contributed by atoms with van der Waals surface area (Å²) < 4.78 is 5.29. The summed E-state index contributed by atoms with van der Waals surface area (Å²) in [6, 6.07) is 0. The number of carbonyl (C=O) groups excluding carboxylic acids is 1. The molecule has 19 heavy (non-hydrogen) atoms. The number of morpholine rings is 1. The lowest BCUT2D eigenvalue weighted by molar-refractivity contribution is 0.0383. The predicted octanol–water partition coefficient (Wildman–Crippen LogP) is -0.0396. The summed E-state index contributed by atoms with van der Waals surface area (Å²) in [7, 11) is 0. The van der Waals surface area contributed by atoms with E-state index in [1.54, 1.807) is 0 Å². The largest absolute Gasteiger partial charge is 0.379 e. The van der Waals surface area contributed by atoms with E-state index in [1.165, 1.54) is 0 Å². The Hall–Kier alpha value is -1.40. The number of aryl methyl sites for hydroxylation is 1. The molecular weight excluding hydrogens is 244 g/mol. The molecule has 0 spiro atoms. The highest BCUT2D eigenvalue weighted by Gasteiger charge is 2.22. The molecule has 0 bridgehead atoms. The van der Waals surface area contributed by atoms with Gasteiger partial charge in [0.2, 0.25) is 0 Å². The van der Waals surface area contributed by atoms with Crippen LogP contribution in [0.15, 0.2) is 0 Å². The van der Waals surface area contributed by atoms with E-state index in [-0.39, 0.29) is 5.91 Å². The fraction of sp³-hybridized carbons (Fsp3) is 0.692. The number of aromatic nitrogens is 2. The second kappa shape index (κ2) is 5.71. The van der Waals surface area contributed by atoms with Crippen LogP contribution in [0.2, 0.25) is 0 Å². The number of hydrogen-bond acceptors (Lipinski definition) is 4. The van der Waals surface area contributed by atoms with Gasteiger partial charge in [0.15, 0.2) is 5.69 Å². The van der Waals surface area contributed by atoms with Gasteiger partial charge in [-0.2, -0.15) is 5.10 Å². The lowest BCUT2D eigenvalue weighted by atomic mass is 10.2. The topological polar surface area (TPSA) is 70.2 Å². The van der Waals surface area contributed by atoms with Crippen molar-refractivity contribution in [2.75, 3.05) is 39.4 Å². The molecule has 0 aromatic carbocycles. The van der Waals surface area contributed by atoms with Crippen LogP contribution in [0.25, 0.3) is 0 Å². The summed E-state index contributed by atoms with van der Waals surface area (Å²) in [5.41, 5.74) is 2.84. The van der Waals surface area contributed by atoms with E-state index in [1.807, 2.05) is 0 Å². The molecule has 2 aliphatic rings. The van der Waals surface area contributed by atoms with Crippen molar-refractivity contribution in [2.24, 2.45) is 0 Å². The van der Waals surface area contributed by atoms with Crippen molar-refractivity contribution in [3.05, 3.63) is 17.0 Å². The monoisotopic (exact) mass is 264 g/mol. The Morgan fingerprint density at radius 3 is 3.05 bits per heavy atom. The van der Waals surface area contributed by atoms with E-state index >= 15 is 0 Å². The van der Waals surface area contributed by atoms with Crippen molar-refractivity contribution in [1.82, 2.24) is 20.4 Å². The molecule has 3 rings (SSSR count). The highest BCUT2D eigenvalue weighted by molar-refractivity contribution is 5.94. The van der Waals surface area contributed by atoms with Crippen LogP contribution in [0.3, 0.4) is 0 Å². The SMILES string of the molecule is O=C(NCCN1CCOCC1)c1n[nH]c2c1CCC2. The summed E-state index contributed by atoms with van der Waals surface area (Å²) in [6.07, 6.45) is 3.11. The van der Waals surface area contributed by atoms with Crippen LogP contribution >= 0.6 is 0 Å². The van der Waals surface area contributed by atoms with Gasteiger partial charge < -0.3 is 10.1 Å². The van der Waals surface area contributed by atoms with Crippen molar-refractivity contribution < 1.29 is 9.53 Å². The first kappa shape index (κ1) is 12.6. The Labute approximate surface area is 112 Å². The Kier molecular flexibility index (Phi) is 3.79. The van der Waals surface area contributed by atoms with E-state index in [4.69, 9.17) is 4.74 Å². The van der Waals surface area contributed by atoms with Crippen LogP contribution < -0.4 is 5.32 Å². The van der Waals surface area contributed by atoms with E-state index in [2.05, 4.69) is 20.4 Å². The van der Waals surface area contributed by atoms with Gasteiger partial charge in [0.1, 0.15) is 0 Å². The molecule has 1 aliphatic carbocycles. The standard InChI is InChI=1S/C13H20N4O2/c18-13(12-10-2-1-3-11(10)15-16-12)14-4-5-17-6-8-19-9-7-17/h1-9H2,(H,14,18)(H,15,16). The number of hydrogen-bond donors (Lipinski definition) is 2. The Bertz CT molecular complexity index is 451. The third-order valence-corrected chi connectivity index (χ3v) is 3.84. The lowest BCUT2D eigenvalue weighted by Crippen LogP contribution is -2.41. The van der Waals surface area contributed by atoms with Crippen LogP contribution in [0, 0.1) is 0 Å². The third kappa shape index (κ3) is 2.79. The van der Waals surface area contributed by atoms with Gasteiger partial charge in [-0.1, -0.05) is 0 Å². The van der Waals surface area contributed by atoms with Crippen LogP contribution in [0.5, 0.6) is 0 Å². The second-order valence-electron chi connectivity index (χ2n) is 5.09. The summed E-state index contributed by atoms with van der Waals surface area (Å²) in [5.74, 6) is -0.0485. The maximum absolute atomic E-state index is 12.1. The predicted molar refractivity (Wildman–Crippen MR) is 70.2 cm³/mol. The maximum atomic E-state index is 12.1. The summed E-state index contributed by atoms with van der Waals surface area (Å²) in [4.78, 5) is 14.4. The van der Waals surface area contributed by atoms with Crippen LogP contribution in [0.4, 0.5) is 0 Å². The first-order valence-electron chi connectivity index (χ1n) is 6.99. The molecule has 1 saturated heterocycles. The van der Waals surface area contributed by atoms with Crippen molar-refractivity contribution >= 4 is 5.91 Å². The van der Waals surface area contributed by atoms with Gasteiger partial charge in [-0.3, -0.25) is 14.8 Å². The molecule has 1 amide bonds. The van der Waals surface area contributed by atoms with Gasteiger partial charge in [-0.25, -0.2) is 0 Å². The Morgan fingerprint density at radius 1 is 1.37 bits per heavy atom. The van der Waals surface area contributed by atoms with Crippen molar-refractivity contribution in [3.8, 4) is 0 Å². The smallest absolute Gasteiger partial charge is 0.272 e.